The maximum absolute atomic E-state index is 13.0. The molecule has 36 heavy (non-hydrogen) atoms. The molecule has 10 heteroatoms. The molecule has 4 rings (SSSR count). The van der Waals surface area contributed by atoms with Crippen molar-refractivity contribution in [1.82, 2.24) is 0 Å². The Bertz CT molecular complexity index is 1480. The van der Waals surface area contributed by atoms with Crippen molar-refractivity contribution in [1.29, 1.82) is 0 Å². The van der Waals surface area contributed by atoms with E-state index in [-0.39, 0.29) is 10.8 Å². The Hall–Kier alpha value is -4.02. The number of carbonyl (C=O) groups excluding carboxylic acids is 2. The van der Waals surface area contributed by atoms with Gasteiger partial charge in [-0.1, -0.05) is 26.0 Å². The molecule has 186 valence electrons. The number of hydrazone groups is 1. The zero-order valence-corrected chi connectivity index (χ0v) is 20.7. The first-order valence-electron chi connectivity index (χ1n) is 11.1. The minimum Gasteiger partial charge on any atom is -0.462 e. The van der Waals surface area contributed by atoms with Crippen LogP contribution >= 0.6 is 0 Å². The second kappa shape index (κ2) is 9.92. The highest BCUT2D eigenvalue weighted by atomic mass is 32.2. The fraction of sp³-hybridized carbons (Fsp3) is 0.192. The fourth-order valence-corrected chi connectivity index (χ4v) is 3.95. The molecule has 0 spiro atoms. The number of rotatable bonds is 7. The van der Waals surface area contributed by atoms with Crippen molar-refractivity contribution in [3.05, 3.63) is 77.6 Å². The molecule has 1 aliphatic rings. The van der Waals surface area contributed by atoms with Crippen LogP contribution in [0.2, 0.25) is 0 Å². The van der Waals surface area contributed by atoms with Crippen molar-refractivity contribution in [3.63, 3.8) is 0 Å². The summed E-state index contributed by atoms with van der Waals surface area (Å²) in [7, 11) is -4.34. The normalized spacial score (nSPS) is 15.0. The number of benzene rings is 2. The van der Waals surface area contributed by atoms with Crippen molar-refractivity contribution in [2.24, 2.45) is 11.0 Å². The summed E-state index contributed by atoms with van der Waals surface area (Å²) in [4.78, 5) is 25.0. The SMILES string of the molecule is CC1=NN(c2ccc(S(=O)(=O)O)cc2)C(=O)C1=Cc1ccc(-c2cccc(C(=O)OCC(C)C)c2)o1. The molecule has 0 aliphatic carbocycles. The first-order chi connectivity index (χ1) is 17.0. The Morgan fingerprint density at radius 2 is 1.86 bits per heavy atom. The molecular weight excluding hydrogens is 484 g/mol. The second-order valence-electron chi connectivity index (χ2n) is 8.60. The summed E-state index contributed by atoms with van der Waals surface area (Å²) < 4.78 is 42.8. The van der Waals surface area contributed by atoms with Gasteiger partial charge in [-0.25, -0.2) is 4.79 Å². The van der Waals surface area contributed by atoms with E-state index in [9.17, 15) is 18.0 Å². The molecule has 2 aromatic carbocycles. The monoisotopic (exact) mass is 508 g/mol. The van der Waals surface area contributed by atoms with Crippen LogP contribution in [-0.4, -0.2) is 37.2 Å². The number of amides is 1. The molecule has 2 heterocycles. The summed E-state index contributed by atoms with van der Waals surface area (Å²) in [6, 6.07) is 15.5. The summed E-state index contributed by atoms with van der Waals surface area (Å²) in [5.41, 5.74) is 2.19. The molecule has 1 amide bonds. The topological polar surface area (TPSA) is 126 Å². The fourth-order valence-electron chi connectivity index (χ4n) is 3.47. The zero-order valence-electron chi connectivity index (χ0n) is 19.8. The average molecular weight is 509 g/mol. The van der Waals surface area contributed by atoms with E-state index in [1.165, 1.54) is 24.3 Å². The van der Waals surface area contributed by atoms with Gasteiger partial charge in [0, 0.05) is 5.56 Å². The van der Waals surface area contributed by atoms with Crippen LogP contribution < -0.4 is 5.01 Å². The van der Waals surface area contributed by atoms with Crippen LogP contribution in [0.4, 0.5) is 5.69 Å². The average Bonchev–Trinajstić information content (AvgIpc) is 3.42. The van der Waals surface area contributed by atoms with E-state index in [0.717, 1.165) is 5.01 Å². The Balaban J connectivity index is 1.53. The minimum atomic E-state index is -4.34. The van der Waals surface area contributed by atoms with Gasteiger partial charge in [-0.2, -0.15) is 18.5 Å². The lowest BCUT2D eigenvalue weighted by atomic mass is 10.1. The van der Waals surface area contributed by atoms with Crippen molar-refractivity contribution in [2.75, 3.05) is 11.6 Å². The van der Waals surface area contributed by atoms with Crippen LogP contribution in [0.3, 0.4) is 0 Å². The highest BCUT2D eigenvalue weighted by Crippen LogP contribution is 2.28. The molecule has 0 bridgehead atoms. The third-order valence-electron chi connectivity index (χ3n) is 5.29. The molecule has 3 aromatic rings. The molecule has 0 fully saturated rings. The Morgan fingerprint density at radius 3 is 2.53 bits per heavy atom. The summed E-state index contributed by atoms with van der Waals surface area (Å²) in [5, 5.41) is 5.41. The van der Waals surface area contributed by atoms with Gasteiger partial charge < -0.3 is 9.15 Å². The van der Waals surface area contributed by atoms with Crippen LogP contribution in [0.5, 0.6) is 0 Å². The second-order valence-corrected chi connectivity index (χ2v) is 10.0. The number of hydrogen-bond donors (Lipinski definition) is 1. The van der Waals surface area contributed by atoms with E-state index in [1.807, 2.05) is 13.8 Å². The molecule has 1 N–H and O–H groups in total. The van der Waals surface area contributed by atoms with E-state index < -0.39 is 22.0 Å². The van der Waals surface area contributed by atoms with Gasteiger partial charge in [-0.3, -0.25) is 9.35 Å². The summed E-state index contributed by atoms with van der Waals surface area (Å²) in [6.45, 7) is 5.93. The van der Waals surface area contributed by atoms with E-state index in [1.54, 1.807) is 49.4 Å². The first-order valence-corrected chi connectivity index (χ1v) is 12.5. The van der Waals surface area contributed by atoms with Crippen molar-refractivity contribution in [3.8, 4) is 11.3 Å². The summed E-state index contributed by atoms with van der Waals surface area (Å²) in [5.74, 6) is 0.333. The van der Waals surface area contributed by atoms with Gasteiger partial charge in [0.15, 0.2) is 0 Å². The molecule has 0 atom stereocenters. The van der Waals surface area contributed by atoms with Crippen molar-refractivity contribution >= 4 is 39.5 Å². The summed E-state index contributed by atoms with van der Waals surface area (Å²) in [6.07, 6.45) is 1.57. The third-order valence-corrected chi connectivity index (χ3v) is 6.15. The van der Waals surface area contributed by atoms with Crippen LogP contribution in [0.1, 0.15) is 36.9 Å². The van der Waals surface area contributed by atoms with E-state index in [2.05, 4.69) is 5.10 Å². The molecular formula is C26H24N2O7S. The van der Waals surface area contributed by atoms with Gasteiger partial charge in [0.1, 0.15) is 11.5 Å². The quantitative estimate of drug-likeness (QED) is 0.276. The Kier molecular flexibility index (Phi) is 6.91. The predicted molar refractivity (Wildman–Crippen MR) is 134 cm³/mol. The molecule has 1 aromatic heterocycles. The van der Waals surface area contributed by atoms with Gasteiger partial charge >= 0.3 is 5.97 Å². The van der Waals surface area contributed by atoms with Crippen molar-refractivity contribution in [2.45, 2.75) is 25.7 Å². The number of ether oxygens (including phenoxy) is 1. The highest BCUT2D eigenvalue weighted by Gasteiger charge is 2.29. The van der Waals surface area contributed by atoms with Gasteiger partial charge in [-0.05, 0) is 67.4 Å². The number of anilines is 1. The number of nitrogens with zero attached hydrogens (tertiary/aromatic N) is 2. The van der Waals surface area contributed by atoms with Crippen LogP contribution in [0.15, 0.2) is 80.7 Å². The maximum Gasteiger partial charge on any atom is 0.338 e. The number of hydrogen-bond acceptors (Lipinski definition) is 7. The Morgan fingerprint density at radius 1 is 1.14 bits per heavy atom. The minimum absolute atomic E-state index is 0.232. The predicted octanol–water partition coefficient (Wildman–Crippen LogP) is 4.81. The molecule has 9 nitrogen and oxygen atoms in total. The van der Waals surface area contributed by atoms with Crippen LogP contribution in [0, 0.1) is 5.92 Å². The smallest absolute Gasteiger partial charge is 0.338 e. The lowest BCUT2D eigenvalue weighted by molar-refractivity contribution is -0.114. The van der Waals surface area contributed by atoms with Gasteiger partial charge in [0.2, 0.25) is 0 Å². The molecule has 0 unspecified atom stereocenters. The molecule has 0 saturated carbocycles. The van der Waals surface area contributed by atoms with Gasteiger partial charge in [0.05, 0.1) is 34.0 Å². The molecule has 1 aliphatic heterocycles. The van der Waals surface area contributed by atoms with E-state index in [0.29, 0.717) is 46.2 Å². The third kappa shape index (κ3) is 5.45. The number of esters is 1. The molecule has 0 radical (unpaired) electrons. The van der Waals surface area contributed by atoms with Gasteiger partial charge in [-0.15, -0.1) is 0 Å². The van der Waals surface area contributed by atoms with E-state index >= 15 is 0 Å². The lowest BCUT2D eigenvalue weighted by Gasteiger charge is -2.11. The first kappa shape index (κ1) is 25.1. The lowest BCUT2D eigenvalue weighted by Crippen LogP contribution is -2.21. The van der Waals surface area contributed by atoms with Crippen molar-refractivity contribution < 1.29 is 31.7 Å². The highest BCUT2D eigenvalue weighted by molar-refractivity contribution is 7.85. The maximum atomic E-state index is 13.0. The van der Waals surface area contributed by atoms with Gasteiger partial charge in [0.25, 0.3) is 16.0 Å². The molecule has 0 saturated heterocycles. The van der Waals surface area contributed by atoms with Crippen LogP contribution in [-0.2, 0) is 19.6 Å². The van der Waals surface area contributed by atoms with E-state index in [4.69, 9.17) is 13.7 Å². The van der Waals surface area contributed by atoms with Crippen LogP contribution in [0.25, 0.3) is 17.4 Å². The Labute approximate surface area is 208 Å². The zero-order chi connectivity index (χ0) is 26.0. The summed E-state index contributed by atoms with van der Waals surface area (Å²) >= 11 is 0. The standard InChI is InChI=1S/C26H24N2O7S/c1-16(2)15-34-26(30)19-6-4-5-18(13-19)24-12-9-21(35-24)14-23-17(3)27-28(25(23)29)20-7-10-22(11-8-20)36(31,32)33/h4-14,16H,15H2,1-3H3,(H,31,32,33). The number of furan rings is 1. The largest absolute Gasteiger partial charge is 0.462 e. The number of carbonyl (C=O) groups is 2.